The molecule has 0 fully saturated rings. The van der Waals surface area contributed by atoms with Gasteiger partial charge in [0.2, 0.25) is 0 Å². The lowest BCUT2D eigenvalue weighted by molar-refractivity contribution is 0.631. The van der Waals surface area contributed by atoms with Gasteiger partial charge >= 0.3 is 0 Å². The molecule has 3 nitrogen and oxygen atoms in total. The number of benzene rings is 1. The molecule has 0 saturated heterocycles. The molecular weight excluding hydrogens is 296 g/mol. The zero-order chi connectivity index (χ0) is 10.1. The number of hydrogen-bond acceptors (Lipinski definition) is 2. The molecule has 2 rings (SSSR count). The normalized spacial score (nSPS) is 10.4. The molecule has 0 spiro atoms. The van der Waals surface area contributed by atoms with E-state index in [-0.39, 0.29) is 5.82 Å². The van der Waals surface area contributed by atoms with Crippen molar-refractivity contribution in [3.05, 3.63) is 36.5 Å². The van der Waals surface area contributed by atoms with Crippen molar-refractivity contribution in [3.8, 4) is 11.3 Å². The zero-order valence-corrected chi connectivity index (χ0v) is 9.27. The summed E-state index contributed by atoms with van der Waals surface area (Å²) in [6.45, 7) is 0. The molecule has 0 unspecified atom stereocenters. The minimum Gasteiger partial charge on any atom is -0.399 e. The van der Waals surface area contributed by atoms with Gasteiger partial charge in [-0.25, -0.2) is 9.37 Å². The van der Waals surface area contributed by atoms with Gasteiger partial charge in [0.25, 0.3) is 0 Å². The number of nitrogens with two attached hydrogens (primary N) is 1. The van der Waals surface area contributed by atoms with Gasteiger partial charge in [0.05, 0.1) is 34.8 Å². The number of nitrogen functional groups attached to an aromatic ring is 1. The molecule has 72 valence electrons. The standard InChI is InChI=1S/C9H7FIN3/c10-8-3-6(12)1-2-7(8)9-4-13-5-14(9)11/h1-5H,12H2. The minimum atomic E-state index is -0.330. The summed E-state index contributed by atoms with van der Waals surface area (Å²) in [5.41, 5.74) is 7.11. The van der Waals surface area contributed by atoms with E-state index in [0.717, 1.165) is 5.69 Å². The van der Waals surface area contributed by atoms with Crippen LogP contribution in [-0.2, 0) is 0 Å². The van der Waals surface area contributed by atoms with E-state index in [1.807, 2.05) is 22.9 Å². The van der Waals surface area contributed by atoms with Crippen LogP contribution in [0.4, 0.5) is 10.1 Å². The van der Waals surface area contributed by atoms with Crippen LogP contribution in [0.2, 0.25) is 0 Å². The monoisotopic (exact) mass is 303 g/mol. The first-order valence-corrected chi connectivity index (χ1v) is 4.89. The molecule has 5 heteroatoms. The highest BCUT2D eigenvalue weighted by Crippen LogP contribution is 2.25. The van der Waals surface area contributed by atoms with Crippen LogP contribution >= 0.6 is 22.9 Å². The lowest BCUT2D eigenvalue weighted by Crippen LogP contribution is -1.91. The topological polar surface area (TPSA) is 43.8 Å². The van der Waals surface area contributed by atoms with E-state index in [1.165, 1.54) is 6.07 Å². The number of halogens is 2. The van der Waals surface area contributed by atoms with E-state index in [1.54, 1.807) is 27.4 Å². The van der Waals surface area contributed by atoms with E-state index in [4.69, 9.17) is 5.73 Å². The summed E-state index contributed by atoms with van der Waals surface area (Å²) in [4.78, 5) is 3.92. The van der Waals surface area contributed by atoms with Gasteiger partial charge in [-0.05, 0) is 18.2 Å². The molecule has 0 aliphatic carbocycles. The predicted molar refractivity (Wildman–Crippen MR) is 61.5 cm³/mol. The fourth-order valence-electron chi connectivity index (χ4n) is 1.20. The SMILES string of the molecule is Nc1ccc(-c2cncn2I)c(F)c1. The fourth-order valence-corrected chi connectivity index (χ4v) is 1.73. The van der Waals surface area contributed by atoms with E-state index < -0.39 is 0 Å². The maximum absolute atomic E-state index is 13.5. The maximum Gasteiger partial charge on any atom is 0.134 e. The highest BCUT2D eigenvalue weighted by atomic mass is 127. The second kappa shape index (κ2) is 3.56. The molecule has 1 aromatic carbocycles. The zero-order valence-electron chi connectivity index (χ0n) is 7.11. The van der Waals surface area contributed by atoms with Crippen LogP contribution in [0.1, 0.15) is 0 Å². The summed E-state index contributed by atoms with van der Waals surface area (Å²) in [6.07, 6.45) is 3.23. The Balaban J connectivity index is 2.58. The molecule has 0 aliphatic heterocycles. The van der Waals surface area contributed by atoms with Crippen molar-refractivity contribution in [2.24, 2.45) is 0 Å². The Morgan fingerprint density at radius 2 is 2.21 bits per heavy atom. The summed E-state index contributed by atoms with van der Waals surface area (Å²) in [5, 5.41) is 0. The molecule has 0 saturated carbocycles. The van der Waals surface area contributed by atoms with Crippen LogP contribution in [0.3, 0.4) is 0 Å². The van der Waals surface area contributed by atoms with Gasteiger partial charge in [-0.2, -0.15) is 0 Å². The summed E-state index contributed by atoms with van der Waals surface area (Å²) < 4.78 is 15.2. The van der Waals surface area contributed by atoms with Gasteiger partial charge in [0.1, 0.15) is 12.1 Å². The van der Waals surface area contributed by atoms with Crippen molar-refractivity contribution in [2.75, 3.05) is 5.73 Å². The number of imidazole rings is 1. The lowest BCUT2D eigenvalue weighted by Gasteiger charge is -2.03. The Hall–Kier alpha value is -1.11. The van der Waals surface area contributed by atoms with Crippen molar-refractivity contribution < 1.29 is 4.39 Å². The van der Waals surface area contributed by atoms with Crippen molar-refractivity contribution in [2.45, 2.75) is 0 Å². The second-order valence-electron chi connectivity index (χ2n) is 2.83. The van der Waals surface area contributed by atoms with E-state index in [9.17, 15) is 4.39 Å². The van der Waals surface area contributed by atoms with Crippen LogP contribution in [0.5, 0.6) is 0 Å². The Kier molecular flexibility index (Phi) is 2.40. The highest BCUT2D eigenvalue weighted by molar-refractivity contribution is 14.1. The Morgan fingerprint density at radius 1 is 1.43 bits per heavy atom. The van der Waals surface area contributed by atoms with Crippen molar-refractivity contribution >= 4 is 28.6 Å². The first kappa shape index (κ1) is 9.45. The number of hydrogen-bond donors (Lipinski definition) is 1. The molecule has 2 N–H and O–H groups in total. The quantitative estimate of drug-likeness (QED) is 0.650. The Morgan fingerprint density at radius 3 is 2.79 bits per heavy atom. The summed E-state index contributed by atoms with van der Waals surface area (Å²) in [5.74, 6) is -0.330. The predicted octanol–water partition coefficient (Wildman–Crippen LogP) is 2.47. The average Bonchev–Trinajstić information content (AvgIpc) is 2.52. The van der Waals surface area contributed by atoms with Crippen molar-refractivity contribution in [1.29, 1.82) is 0 Å². The molecule has 1 heterocycles. The lowest BCUT2D eigenvalue weighted by atomic mass is 10.1. The second-order valence-corrected chi connectivity index (χ2v) is 3.87. The van der Waals surface area contributed by atoms with Gasteiger partial charge < -0.3 is 5.73 Å². The molecule has 0 bridgehead atoms. The third-order valence-electron chi connectivity index (χ3n) is 1.86. The smallest absolute Gasteiger partial charge is 0.134 e. The van der Waals surface area contributed by atoms with E-state index in [0.29, 0.717) is 11.3 Å². The Bertz CT molecular complexity index is 467. The van der Waals surface area contributed by atoms with E-state index >= 15 is 0 Å². The van der Waals surface area contributed by atoms with Gasteiger partial charge in [-0.15, -0.1) is 0 Å². The molecule has 0 amide bonds. The largest absolute Gasteiger partial charge is 0.399 e. The van der Waals surface area contributed by atoms with Crippen molar-refractivity contribution in [1.82, 2.24) is 7.76 Å². The molecule has 0 radical (unpaired) electrons. The third kappa shape index (κ3) is 1.59. The Labute approximate surface area is 94.3 Å². The van der Waals surface area contributed by atoms with Gasteiger partial charge in [-0.3, -0.25) is 2.78 Å². The number of aromatic nitrogens is 2. The molecular formula is C9H7FIN3. The summed E-state index contributed by atoms with van der Waals surface area (Å²) in [7, 11) is 0. The molecule has 1 aromatic heterocycles. The fraction of sp³-hybridized carbons (Fsp3) is 0. The summed E-state index contributed by atoms with van der Waals surface area (Å²) in [6, 6.07) is 4.62. The molecule has 2 aromatic rings. The van der Waals surface area contributed by atoms with E-state index in [2.05, 4.69) is 4.98 Å². The number of nitrogens with zero attached hydrogens (tertiary/aromatic N) is 2. The number of anilines is 1. The van der Waals surface area contributed by atoms with Gasteiger partial charge in [0, 0.05) is 11.3 Å². The molecule has 0 atom stereocenters. The van der Waals surface area contributed by atoms with Crippen LogP contribution in [0, 0.1) is 5.82 Å². The molecule has 0 aliphatic rings. The first-order chi connectivity index (χ1) is 6.68. The van der Waals surface area contributed by atoms with Crippen molar-refractivity contribution in [3.63, 3.8) is 0 Å². The van der Waals surface area contributed by atoms with Gasteiger partial charge in [0.15, 0.2) is 0 Å². The average molecular weight is 303 g/mol. The van der Waals surface area contributed by atoms with Crippen LogP contribution < -0.4 is 5.73 Å². The maximum atomic E-state index is 13.5. The molecule has 14 heavy (non-hydrogen) atoms. The highest BCUT2D eigenvalue weighted by Gasteiger charge is 2.08. The summed E-state index contributed by atoms with van der Waals surface area (Å²) >= 11 is 2.04. The number of rotatable bonds is 1. The first-order valence-electron chi connectivity index (χ1n) is 3.92. The minimum absolute atomic E-state index is 0.330. The third-order valence-corrected chi connectivity index (χ3v) is 2.63. The van der Waals surface area contributed by atoms with Crippen LogP contribution in [0.15, 0.2) is 30.7 Å². The van der Waals surface area contributed by atoms with Crippen LogP contribution in [-0.4, -0.2) is 7.76 Å². The van der Waals surface area contributed by atoms with Gasteiger partial charge in [-0.1, -0.05) is 0 Å². The van der Waals surface area contributed by atoms with Crippen LogP contribution in [0.25, 0.3) is 11.3 Å².